The number of carbonyl (C=O) groups is 1. The molecule has 20 heavy (non-hydrogen) atoms. The zero-order chi connectivity index (χ0) is 16.5. The fraction of sp³-hybridized carbons (Fsp3) is 0.600. The summed E-state index contributed by atoms with van der Waals surface area (Å²) in [7, 11) is 0. The van der Waals surface area contributed by atoms with Crippen LogP contribution in [0.15, 0.2) is 18.2 Å². The first-order chi connectivity index (χ1) is 10.1. The second-order valence-electron chi connectivity index (χ2n) is 5.75. The lowest BCUT2D eigenvalue weighted by molar-refractivity contribution is -0.0447. The molecule has 0 spiro atoms. The van der Waals surface area contributed by atoms with E-state index in [9.17, 15) is 4.79 Å². The SMILES string of the molecule is [2H]C1([2H])CO[C@@H](c2cccc(C)n2)CN1C(=O)OC(C)(C)C. The van der Waals surface area contributed by atoms with E-state index in [-0.39, 0.29) is 13.2 Å². The quantitative estimate of drug-likeness (QED) is 0.793. The summed E-state index contributed by atoms with van der Waals surface area (Å²) in [6.07, 6.45) is -1.14. The van der Waals surface area contributed by atoms with E-state index in [1.807, 2.05) is 25.1 Å². The van der Waals surface area contributed by atoms with Crippen molar-refractivity contribution in [1.29, 1.82) is 0 Å². The number of ether oxygens (including phenoxy) is 2. The molecule has 1 amide bonds. The molecule has 0 N–H and O–H groups in total. The third-order valence-corrected chi connectivity index (χ3v) is 2.74. The van der Waals surface area contributed by atoms with Gasteiger partial charge in [0.05, 0.1) is 21.6 Å². The Hall–Kier alpha value is -1.62. The summed E-state index contributed by atoms with van der Waals surface area (Å²) in [5, 5.41) is 0. The van der Waals surface area contributed by atoms with Gasteiger partial charge in [-0.15, -0.1) is 0 Å². The monoisotopic (exact) mass is 280 g/mol. The largest absolute Gasteiger partial charge is 0.444 e. The van der Waals surface area contributed by atoms with Crippen LogP contribution in [-0.2, 0) is 9.47 Å². The van der Waals surface area contributed by atoms with Crippen LogP contribution < -0.4 is 0 Å². The first-order valence-electron chi connectivity index (χ1n) is 7.64. The molecule has 2 heterocycles. The molecule has 5 heteroatoms. The minimum Gasteiger partial charge on any atom is -0.444 e. The number of hydrogen-bond acceptors (Lipinski definition) is 4. The van der Waals surface area contributed by atoms with Crippen molar-refractivity contribution in [2.45, 2.75) is 39.4 Å². The van der Waals surface area contributed by atoms with Crippen molar-refractivity contribution in [3.63, 3.8) is 0 Å². The number of amides is 1. The van der Waals surface area contributed by atoms with Gasteiger partial charge in [0.15, 0.2) is 0 Å². The van der Waals surface area contributed by atoms with Gasteiger partial charge in [0.25, 0.3) is 0 Å². The first kappa shape index (κ1) is 12.1. The Morgan fingerprint density at radius 3 is 2.95 bits per heavy atom. The Bertz CT molecular complexity index is 558. The number of aromatic nitrogens is 1. The number of hydrogen-bond donors (Lipinski definition) is 0. The molecule has 1 saturated heterocycles. The smallest absolute Gasteiger partial charge is 0.410 e. The van der Waals surface area contributed by atoms with Crippen molar-refractivity contribution < 1.29 is 17.0 Å². The average molecular weight is 280 g/mol. The molecule has 0 aromatic carbocycles. The van der Waals surface area contributed by atoms with Gasteiger partial charge in [-0.2, -0.15) is 0 Å². The van der Waals surface area contributed by atoms with Crippen molar-refractivity contribution in [3.8, 4) is 0 Å². The number of aryl methyl sites for hydroxylation is 1. The second kappa shape index (κ2) is 5.79. The van der Waals surface area contributed by atoms with E-state index >= 15 is 0 Å². The molecule has 0 bridgehead atoms. The molecule has 1 fully saturated rings. The summed E-state index contributed by atoms with van der Waals surface area (Å²) in [6, 6.07) is 5.55. The molecule has 2 rings (SSSR count). The maximum atomic E-state index is 12.3. The highest BCUT2D eigenvalue weighted by molar-refractivity contribution is 5.68. The molecule has 0 radical (unpaired) electrons. The Labute approximate surface area is 122 Å². The number of morpholine rings is 1. The van der Waals surface area contributed by atoms with Crippen molar-refractivity contribution in [2.75, 3.05) is 19.6 Å². The number of carbonyl (C=O) groups excluding carboxylic acids is 1. The molecule has 0 saturated carbocycles. The number of nitrogens with zero attached hydrogens (tertiary/aromatic N) is 2. The van der Waals surface area contributed by atoms with Crippen molar-refractivity contribution in [3.05, 3.63) is 29.6 Å². The Morgan fingerprint density at radius 1 is 1.55 bits per heavy atom. The Morgan fingerprint density at radius 2 is 2.30 bits per heavy atom. The zero-order valence-electron chi connectivity index (χ0n) is 14.3. The van der Waals surface area contributed by atoms with Crippen molar-refractivity contribution in [1.82, 2.24) is 9.88 Å². The van der Waals surface area contributed by atoms with Gasteiger partial charge in [-0.25, -0.2) is 4.79 Å². The van der Waals surface area contributed by atoms with E-state index in [0.29, 0.717) is 5.69 Å². The maximum absolute atomic E-state index is 12.3. The molecule has 1 aromatic heterocycles. The van der Waals surface area contributed by atoms with Crippen LogP contribution in [0.1, 0.15) is 41.0 Å². The lowest BCUT2D eigenvalue weighted by Gasteiger charge is -2.34. The molecule has 1 aliphatic heterocycles. The maximum Gasteiger partial charge on any atom is 0.410 e. The number of pyridine rings is 1. The highest BCUT2D eigenvalue weighted by Crippen LogP contribution is 2.22. The van der Waals surface area contributed by atoms with Gasteiger partial charge in [0, 0.05) is 12.2 Å². The minimum atomic E-state index is -1.90. The van der Waals surface area contributed by atoms with E-state index in [0.717, 1.165) is 10.6 Å². The van der Waals surface area contributed by atoms with Crippen LogP contribution in [0.4, 0.5) is 4.79 Å². The molecule has 5 nitrogen and oxygen atoms in total. The van der Waals surface area contributed by atoms with Crippen LogP contribution in [0.2, 0.25) is 0 Å². The molecule has 1 aliphatic rings. The highest BCUT2D eigenvalue weighted by atomic mass is 16.6. The zero-order valence-corrected chi connectivity index (χ0v) is 12.3. The van der Waals surface area contributed by atoms with E-state index in [1.165, 1.54) is 0 Å². The fourth-order valence-corrected chi connectivity index (χ4v) is 1.88. The second-order valence-corrected chi connectivity index (χ2v) is 5.75. The van der Waals surface area contributed by atoms with Gasteiger partial charge < -0.3 is 14.4 Å². The Kier molecular flexibility index (Phi) is 3.52. The topological polar surface area (TPSA) is 51.7 Å². The van der Waals surface area contributed by atoms with Crippen LogP contribution in [0.5, 0.6) is 0 Å². The van der Waals surface area contributed by atoms with Gasteiger partial charge in [-0.05, 0) is 39.8 Å². The Balaban J connectivity index is 2.18. The summed E-state index contributed by atoms with van der Waals surface area (Å²) in [5.74, 6) is 0. The molecular weight excluding hydrogens is 256 g/mol. The molecule has 0 aliphatic carbocycles. The van der Waals surface area contributed by atoms with Crippen molar-refractivity contribution >= 4 is 6.09 Å². The van der Waals surface area contributed by atoms with Gasteiger partial charge in [0.1, 0.15) is 11.7 Å². The third-order valence-electron chi connectivity index (χ3n) is 2.74. The molecule has 1 aromatic rings. The summed E-state index contributed by atoms with van der Waals surface area (Å²) < 4.78 is 26.8. The van der Waals surface area contributed by atoms with E-state index < -0.39 is 24.3 Å². The molecular formula is C15H22N2O3. The molecule has 1 atom stereocenters. The highest BCUT2D eigenvalue weighted by Gasteiger charge is 2.29. The van der Waals surface area contributed by atoms with Crippen LogP contribution in [0.3, 0.4) is 0 Å². The summed E-state index contributed by atoms with van der Waals surface area (Å²) >= 11 is 0. The standard InChI is InChI=1S/C15H22N2O3/c1-11-6-5-7-12(16-11)13-10-17(8-9-19-13)14(18)20-15(2,3)4/h5-7,13H,8-10H2,1-4H3/t13-/m1/s1/i8D2. The van der Waals surface area contributed by atoms with Crippen LogP contribution in [0.25, 0.3) is 0 Å². The normalized spacial score (nSPS) is 23.8. The van der Waals surface area contributed by atoms with E-state index in [1.54, 1.807) is 20.8 Å². The van der Waals surface area contributed by atoms with E-state index in [4.69, 9.17) is 12.2 Å². The van der Waals surface area contributed by atoms with Gasteiger partial charge >= 0.3 is 6.09 Å². The third kappa shape index (κ3) is 3.93. The summed E-state index contributed by atoms with van der Waals surface area (Å²) in [5.41, 5.74) is 0.852. The first-order valence-corrected chi connectivity index (χ1v) is 6.64. The van der Waals surface area contributed by atoms with Gasteiger partial charge in [0.2, 0.25) is 0 Å². The summed E-state index contributed by atoms with van der Waals surface area (Å²) in [6.45, 7) is 5.08. The van der Waals surface area contributed by atoms with Crippen molar-refractivity contribution in [2.24, 2.45) is 0 Å². The van der Waals surface area contributed by atoms with Gasteiger partial charge in [-0.3, -0.25) is 4.98 Å². The number of rotatable bonds is 1. The lowest BCUT2D eigenvalue weighted by atomic mass is 10.2. The van der Waals surface area contributed by atoms with Crippen LogP contribution in [-0.4, -0.2) is 41.2 Å². The van der Waals surface area contributed by atoms with E-state index in [2.05, 4.69) is 4.98 Å². The van der Waals surface area contributed by atoms with Gasteiger partial charge in [-0.1, -0.05) is 6.07 Å². The van der Waals surface area contributed by atoms with Crippen LogP contribution in [0, 0.1) is 6.92 Å². The predicted molar refractivity (Wildman–Crippen MR) is 75.5 cm³/mol. The lowest BCUT2D eigenvalue weighted by Crippen LogP contribution is -2.44. The molecule has 110 valence electrons. The minimum absolute atomic E-state index is 0.0678. The summed E-state index contributed by atoms with van der Waals surface area (Å²) in [4.78, 5) is 17.7. The molecule has 0 unspecified atom stereocenters. The fourth-order valence-electron chi connectivity index (χ4n) is 1.88. The predicted octanol–water partition coefficient (Wildman–Crippen LogP) is 2.70. The van der Waals surface area contributed by atoms with Crippen LogP contribution >= 0.6 is 0 Å². The average Bonchev–Trinajstić information content (AvgIpc) is 2.36.